The first-order chi connectivity index (χ1) is 13.1. The molecule has 1 rings (SSSR count). The van der Waals surface area contributed by atoms with Crippen molar-refractivity contribution in [1.82, 2.24) is 0 Å². The lowest BCUT2D eigenvalue weighted by molar-refractivity contribution is -0.210. The maximum Gasteiger partial charge on any atom is 0.352 e. The zero-order valence-corrected chi connectivity index (χ0v) is 15.5. The second-order valence-corrected chi connectivity index (χ2v) is 4.89. The van der Waals surface area contributed by atoms with Gasteiger partial charge in [-0.25, -0.2) is 4.79 Å². The molecule has 0 saturated carbocycles. The van der Waals surface area contributed by atoms with Crippen molar-refractivity contribution in [1.29, 1.82) is 5.26 Å². The van der Waals surface area contributed by atoms with Crippen molar-refractivity contribution in [3.63, 3.8) is 0 Å². The predicted molar refractivity (Wildman–Crippen MR) is 90.2 cm³/mol. The van der Waals surface area contributed by atoms with E-state index >= 15 is 0 Å². The van der Waals surface area contributed by atoms with Gasteiger partial charge in [0.2, 0.25) is 0 Å². The molecule has 1 aromatic carbocycles. The van der Waals surface area contributed by atoms with Crippen molar-refractivity contribution < 1.29 is 43.0 Å². The molecule has 0 aliphatic carbocycles. The van der Waals surface area contributed by atoms with E-state index in [1.54, 1.807) is 14.2 Å². The lowest BCUT2D eigenvalue weighted by Crippen LogP contribution is -2.12. The van der Waals surface area contributed by atoms with E-state index in [9.17, 15) is 10.1 Å². The highest BCUT2D eigenvalue weighted by molar-refractivity contribution is 5.65. The van der Waals surface area contributed by atoms with Crippen LogP contribution in [0.25, 0.3) is 0 Å². The largest absolute Gasteiger partial charge is 0.463 e. The maximum atomic E-state index is 10.9. The smallest absolute Gasteiger partial charge is 0.352 e. The second kappa shape index (κ2) is 13.6. The number of benzene rings is 1. The lowest BCUT2D eigenvalue weighted by Gasteiger charge is -2.15. The quantitative estimate of drug-likeness (QED) is 0.201. The van der Waals surface area contributed by atoms with Gasteiger partial charge in [-0.3, -0.25) is 9.78 Å². The normalized spacial score (nSPS) is 10.1. The first-order valence-electron chi connectivity index (χ1n) is 7.94. The molecule has 0 aliphatic rings. The van der Waals surface area contributed by atoms with Gasteiger partial charge in [0.15, 0.2) is 30.8 Å². The molecule has 1 aromatic rings. The molecule has 0 unspecified atom stereocenters. The van der Waals surface area contributed by atoms with Gasteiger partial charge in [0.05, 0.1) is 26.4 Å². The molecule has 0 N–H and O–H groups in total. The zero-order chi connectivity index (χ0) is 19.9. The Kier molecular flexibility index (Phi) is 11.3. The van der Waals surface area contributed by atoms with Crippen LogP contribution in [-0.2, 0) is 28.6 Å². The van der Waals surface area contributed by atoms with E-state index in [0.29, 0.717) is 26.4 Å². The number of nitriles is 1. The average Bonchev–Trinajstić information content (AvgIpc) is 2.66. The molecule has 10 nitrogen and oxygen atoms in total. The molecule has 0 radical (unpaired) electrons. The van der Waals surface area contributed by atoms with Crippen LogP contribution in [0.3, 0.4) is 0 Å². The van der Waals surface area contributed by atoms with Crippen LogP contribution < -0.4 is 14.4 Å². The third-order valence-corrected chi connectivity index (χ3v) is 2.85. The highest BCUT2D eigenvalue weighted by Crippen LogP contribution is 2.36. The van der Waals surface area contributed by atoms with Gasteiger partial charge in [-0.15, -0.1) is 0 Å². The standard InChI is InChI=1S/C17H23NO9/c1-13(19)26-27-15-8-14(10-18)17(25-12-23-7-5-21-3)16(9-15)24-11-22-6-4-20-2/h8-9H,4-7,11-12H2,1-3H3. The fourth-order valence-corrected chi connectivity index (χ4v) is 1.68. The van der Waals surface area contributed by atoms with Crippen molar-refractivity contribution >= 4 is 5.97 Å². The van der Waals surface area contributed by atoms with Crippen LogP contribution in [0.4, 0.5) is 0 Å². The molecule has 0 spiro atoms. The van der Waals surface area contributed by atoms with Gasteiger partial charge in [0.25, 0.3) is 0 Å². The SMILES string of the molecule is COCCOCOc1cc(OOC(C)=O)cc(C#N)c1OCOCCOC. The van der Waals surface area contributed by atoms with E-state index in [1.165, 1.54) is 19.1 Å². The van der Waals surface area contributed by atoms with Crippen LogP contribution in [0.5, 0.6) is 17.2 Å². The highest BCUT2D eigenvalue weighted by atomic mass is 17.2. The van der Waals surface area contributed by atoms with Crippen LogP contribution in [0.1, 0.15) is 12.5 Å². The number of rotatable bonds is 14. The molecule has 150 valence electrons. The summed E-state index contributed by atoms with van der Waals surface area (Å²) >= 11 is 0. The molecule has 0 fully saturated rings. The molecule has 0 saturated heterocycles. The number of nitrogens with zero attached hydrogens (tertiary/aromatic N) is 1. The van der Waals surface area contributed by atoms with Gasteiger partial charge in [-0.1, -0.05) is 0 Å². The van der Waals surface area contributed by atoms with Crippen molar-refractivity contribution in [3.05, 3.63) is 17.7 Å². The monoisotopic (exact) mass is 385 g/mol. The summed E-state index contributed by atoms with van der Waals surface area (Å²) in [7, 11) is 3.10. The van der Waals surface area contributed by atoms with Crippen LogP contribution in [0.2, 0.25) is 0 Å². The highest BCUT2D eigenvalue weighted by Gasteiger charge is 2.16. The number of ether oxygens (including phenoxy) is 6. The Labute approximate surface area is 157 Å². The number of carbonyl (C=O) groups is 1. The van der Waals surface area contributed by atoms with E-state index in [4.69, 9.17) is 33.3 Å². The van der Waals surface area contributed by atoms with Crippen molar-refractivity contribution in [3.8, 4) is 23.3 Å². The molecule has 0 atom stereocenters. The minimum Gasteiger partial charge on any atom is -0.463 e. The first kappa shape index (κ1) is 22.5. The van der Waals surface area contributed by atoms with Crippen molar-refractivity contribution in [2.45, 2.75) is 6.92 Å². The summed E-state index contributed by atoms with van der Waals surface area (Å²) in [6.07, 6.45) is 0. The summed E-state index contributed by atoms with van der Waals surface area (Å²) in [5.41, 5.74) is 0.0990. The number of methoxy groups -OCH3 is 2. The minimum atomic E-state index is -0.647. The van der Waals surface area contributed by atoms with E-state index in [-0.39, 0.29) is 36.4 Å². The Hall–Kier alpha value is -2.58. The fraction of sp³-hybridized carbons (Fsp3) is 0.529. The van der Waals surface area contributed by atoms with Gasteiger partial charge < -0.3 is 28.4 Å². The molecule has 0 bridgehead atoms. The Balaban J connectivity index is 2.86. The molecule has 0 aliphatic heterocycles. The van der Waals surface area contributed by atoms with E-state index < -0.39 is 5.97 Å². The number of hydrogen-bond acceptors (Lipinski definition) is 10. The summed E-state index contributed by atoms with van der Waals surface area (Å²) in [5, 5.41) is 9.37. The topological polar surface area (TPSA) is 115 Å². The second-order valence-electron chi connectivity index (χ2n) is 4.89. The summed E-state index contributed by atoms with van der Waals surface area (Å²) in [5.74, 6) is -0.267. The van der Waals surface area contributed by atoms with E-state index in [2.05, 4.69) is 4.89 Å². The summed E-state index contributed by atoms with van der Waals surface area (Å²) in [6, 6.07) is 4.70. The lowest BCUT2D eigenvalue weighted by atomic mass is 10.2. The molecule has 10 heteroatoms. The van der Waals surface area contributed by atoms with E-state index in [1.807, 2.05) is 6.07 Å². The third-order valence-electron chi connectivity index (χ3n) is 2.85. The molecule has 0 amide bonds. The number of hydrogen-bond donors (Lipinski definition) is 0. The minimum absolute atomic E-state index is 0.0845. The van der Waals surface area contributed by atoms with Gasteiger partial charge >= 0.3 is 5.97 Å². The summed E-state index contributed by atoms with van der Waals surface area (Å²) in [4.78, 5) is 20.2. The first-order valence-corrected chi connectivity index (χ1v) is 7.94. The van der Waals surface area contributed by atoms with Crippen molar-refractivity contribution in [2.24, 2.45) is 0 Å². The zero-order valence-electron chi connectivity index (χ0n) is 15.5. The molecule has 0 aromatic heterocycles. The van der Waals surface area contributed by atoms with E-state index in [0.717, 1.165) is 0 Å². The Morgan fingerprint density at radius 1 is 1.00 bits per heavy atom. The predicted octanol–water partition coefficient (Wildman–Crippen LogP) is 1.41. The maximum absolute atomic E-state index is 10.9. The molecule has 0 heterocycles. The van der Waals surface area contributed by atoms with Gasteiger partial charge in [0.1, 0.15) is 11.6 Å². The van der Waals surface area contributed by atoms with Crippen molar-refractivity contribution in [2.75, 3.05) is 54.2 Å². The van der Waals surface area contributed by atoms with Crippen LogP contribution in [0.15, 0.2) is 12.1 Å². The third kappa shape index (κ3) is 9.07. The molecule has 27 heavy (non-hydrogen) atoms. The number of carbonyl (C=O) groups excluding carboxylic acids is 1. The fourth-order valence-electron chi connectivity index (χ4n) is 1.68. The van der Waals surface area contributed by atoms with Crippen LogP contribution >= 0.6 is 0 Å². The van der Waals surface area contributed by atoms with Crippen LogP contribution in [-0.4, -0.2) is 60.2 Å². The summed E-state index contributed by atoms with van der Waals surface area (Å²) in [6.45, 7) is 2.39. The van der Waals surface area contributed by atoms with Crippen LogP contribution in [0, 0.1) is 11.3 Å². The molecular weight excluding hydrogens is 362 g/mol. The summed E-state index contributed by atoms with van der Waals surface area (Å²) < 4.78 is 31.2. The average molecular weight is 385 g/mol. The Morgan fingerprint density at radius 3 is 2.19 bits per heavy atom. The Bertz CT molecular complexity index is 615. The van der Waals surface area contributed by atoms with Gasteiger partial charge in [-0.05, 0) is 0 Å². The molecular formula is C17H23NO9. The Morgan fingerprint density at radius 2 is 1.63 bits per heavy atom. The van der Waals surface area contributed by atoms with Gasteiger partial charge in [-0.2, -0.15) is 5.26 Å². The van der Waals surface area contributed by atoms with Gasteiger partial charge in [0, 0.05) is 33.3 Å².